The summed E-state index contributed by atoms with van der Waals surface area (Å²) in [6.07, 6.45) is 0.644. The van der Waals surface area contributed by atoms with E-state index >= 15 is 0 Å². The maximum absolute atomic E-state index is 13.3. The molecule has 1 aromatic heterocycles. The summed E-state index contributed by atoms with van der Waals surface area (Å²) in [6.45, 7) is 4.46. The second-order valence-electron chi connectivity index (χ2n) is 7.56. The molecule has 3 aromatic rings. The first-order chi connectivity index (χ1) is 14.5. The lowest BCUT2D eigenvalue weighted by molar-refractivity contribution is 0.236. The molecular weight excluding hydrogens is 405 g/mol. The molecule has 0 saturated carbocycles. The van der Waals surface area contributed by atoms with E-state index in [-0.39, 0.29) is 23.6 Å². The van der Waals surface area contributed by atoms with E-state index in [1.54, 1.807) is 16.7 Å². The minimum atomic E-state index is -0.348. The van der Waals surface area contributed by atoms with Crippen LogP contribution in [0, 0.1) is 5.82 Å². The highest BCUT2D eigenvalue weighted by molar-refractivity contribution is 6.30. The van der Waals surface area contributed by atoms with Gasteiger partial charge in [-0.2, -0.15) is 0 Å². The predicted molar refractivity (Wildman–Crippen MR) is 115 cm³/mol. The van der Waals surface area contributed by atoms with Crippen LogP contribution in [0.5, 0.6) is 0 Å². The molecule has 0 unspecified atom stereocenters. The van der Waals surface area contributed by atoms with Gasteiger partial charge in [0.25, 0.3) is 5.56 Å². The maximum atomic E-state index is 13.3. The van der Waals surface area contributed by atoms with Crippen molar-refractivity contribution >= 4 is 11.6 Å². The third-order valence-corrected chi connectivity index (χ3v) is 5.79. The zero-order chi connectivity index (χ0) is 21.3. The summed E-state index contributed by atoms with van der Waals surface area (Å²) in [4.78, 5) is 28.4. The van der Waals surface area contributed by atoms with Crippen LogP contribution in [-0.4, -0.2) is 20.6 Å². The smallest absolute Gasteiger partial charge is 0.297 e. The van der Waals surface area contributed by atoms with E-state index in [0.717, 1.165) is 17.8 Å². The fourth-order valence-electron chi connectivity index (χ4n) is 4.08. The normalized spacial score (nSPS) is 14.0. The van der Waals surface area contributed by atoms with E-state index in [9.17, 15) is 14.0 Å². The molecular formula is C23H23ClFN3O2. The first-order valence-electron chi connectivity index (χ1n) is 10.0. The van der Waals surface area contributed by atoms with Crippen molar-refractivity contribution in [3.8, 4) is 0 Å². The van der Waals surface area contributed by atoms with Gasteiger partial charge in [0.1, 0.15) is 5.82 Å². The maximum Gasteiger partial charge on any atom is 0.331 e. The van der Waals surface area contributed by atoms with Crippen LogP contribution in [-0.2, 0) is 32.6 Å². The molecule has 0 bridgehead atoms. The Morgan fingerprint density at radius 1 is 1.00 bits per heavy atom. The van der Waals surface area contributed by atoms with E-state index in [1.807, 2.05) is 31.2 Å². The van der Waals surface area contributed by atoms with Crippen molar-refractivity contribution in [1.29, 1.82) is 0 Å². The zero-order valence-corrected chi connectivity index (χ0v) is 17.5. The van der Waals surface area contributed by atoms with Gasteiger partial charge in [0, 0.05) is 43.3 Å². The summed E-state index contributed by atoms with van der Waals surface area (Å²) in [6, 6.07) is 13.6. The largest absolute Gasteiger partial charge is 0.331 e. The Bertz CT molecular complexity index is 1180. The Morgan fingerprint density at radius 3 is 2.47 bits per heavy atom. The summed E-state index contributed by atoms with van der Waals surface area (Å²) < 4.78 is 16.2. The number of hydrogen-bond donors (Lipinski definition) is 0. The summed E-state index contributed by atoms with van der Waals surface area (Å²) in [5, 5.41) is 0.686. The van der Waals surface area contributed by atoms with Crippen molar-refractivity contribution in [2.75, 3.05) is 6.54 Å². The lowest BCUT2D eigenvalue weighted by Crippen LogP contribution is -2.47. The van der Waals surface area contributed by atoms with Gasteiger partial charge in [-0.1, -0.05) is 35.9 Å². The van der Waals surface area contributed by atoms with Crippen molar-refractivity contribution in [1.82, 2.24) is 14.0 Å². The molecule has 0 spiro atoms. The van der Waals surface area contributed by atoms with Crippen LogP contribution in [0.25, 0.3) is 0 Å². The molecule has 0 atom stereocenters. The molecule has 2 aromatic carbocycles. The van der Waals surface area contributed by atoms with E-state index in [1.165, 1.54) is 16.7 Å². The summed E-state index contributed by atoms with van der Waals surface area (Å²) in [7, 11) is 0. The molecule has 1 aliphatic heterocycles. The van der Waals surface area contributed by atoms with Crippen molar-refractivity contribution in [3.63, 3.8) is 0 Å². The number of aromatic nitrogens is 2. The van der Waals surface area contributed by atoms with E-state index in [0.29, 0.717) is 42.2 Å². The van der Waals surface area contributed by atoms with E-state index in [2.05, 4.69) is 4.90 Å². The van der Waals surface area contributed by atoms with E-state index in [4.69, 9.17) is 11.6 Å². The second kappa shape index (κ2) is 8.58. The fraction of sp³-hybridized carbons (Fsp3) is 0.304. The molecule has 30 heavy (non-hydrogen) atoms. The molecule has 0 fully saturated rings. The predicted octanol–water partition coefficient (Wildman–Crippen LogP) is 3.43. The monoisotopic (exact) mass is 427 g/mol. The minimum Gasteiger partial charge on any atom is -0.297 e. The van der Waals surface area contributed by atoms with E-state index < -0.39 is 0 Å². The van der Waals surface area contributed by atoms with Crippen LogP contribution in [0.4, 0.5) is 4.39 Å². The van der Waals surface area contributed by atoms with Crippen LogP contribution in [0.15, 0.2) is 58.1 Å². The van der Waals surface area contributed by atoms with Crippen LogP contribution >= 0.6 is 11.6 Å². The van der Waals surface area contributed by atoms with Crippen LogP contribution < -0.4 is 11.2 Å². The van der Waals surface area contributed by atoms with Crippen molar-refractivity contribution < 1.29 is 4.39 Å². The van der Waals surface area contributed by atoms with Gasteiger partial charge >= 0.3 is 5.69 Å². The standard InChI is InChI=1S/C23H23ClFN3O2/c1-2-27-21-10-11-26(13-17-4-3-5-18(24)12-17)15-20(21)22(29)28(23(27)30)14-16-6-8-19(25)9-7-16/h3-9,12H,2,10-11,13-15H2,1H3. The Kier molecular flexibility index (Phi) is 5.88. The average Bonchev–Trinajstić information content (AvgIpc) is 2.73. The minimum absolute atomic E-state index is 0.125. The number of hydrogen-bond acceptors (Lipinski definition) is 3. The molecule has 4 rings (SSSR count). The number of rotatable bonds is 5. The molecule has 0 aliphatic carbocycles. The van der Waals surface area contributed by atoms with Crippen LogP contribution in [0.3, 0.4) is 0 Å². The number of benzene rings is 2. The van der Waals surface area contributed by atoms with Gasteiger partial charge in [0.15, 0.2) is 0 Å². The van der Waals surface area contributed by atoms with Gasteiger partial charge in [-0.25, -0.2) is 9.18 Å². The zero-order valence-electron chi connectivity index (χ0n) is 16.8. The third kappa shape index (κ3) is 4.11. The van der Waals surface area contributed by atoms with Gasteiger partial charge in [0.2, 0.25) is 0 Å². The Hall–Kier alpha value is -2.70. The molecule has 0 radical (unpaired) electrons. The lowest BCUT2D eigenvalue weighted by atomic mass is 10.0. The molecule has 1 aliphatic rings. The molecule has 5 nitrogen and oxygen atoms in total. The van der Waals surface area contributed by atoms with Crippen molar-refractivity contribution in [3.05, 3.63) is 103 Å². The Morgan fingerprint density at radius 2 is 1.77 bits per heavy atom. The SMILES string of the molecule is CCn1c2c(c(=O)n(Cc3ccc(F)cc3)c1=O)CN(Cc1cccc(Cl)c1)CC2. The molecule has 7 heteroatoms. The Labute approximate surface area is 179 Å². The third-order valence-electron chi connectivity index (χ3n) is 5.55. The molecule has 0 amide bonds. The first-order valence-corrected chi connectivity index (χ1v) is 10.4. The van der Waals surface area contributed by atoms with Crippen molar-refractivity contribution in [2.45, 2.75) is 39.5 Å². The first kappa shape index (κ1) is 20.6. The fourth-order valence-corrected chi connectivity index (χ4v) is 4.29. The highest BCUT2D eigenvalue weighted by Crippen LogP contribution is 2.19. The van der Waals surface area contributed by atoms with Gasteiger partial charge in [-0.05, 0) is 42.3 Å². The van der Waals surface area contributed by atoms with Gasteiger partial charge in [-0.3, -0.25) is 18.8 Å². The molecule has 2 heterocycles. The quantitative estimate of drug-likeness (QED) is 0.626. The number of fused-ring (bicyclic) bond motifs is 1. The Balaban J connectivity index is 1.69. The van der Waals surface area contributed by atoms with Gasteiger partial charge < -0.3 is 0 Å². The van der Waals surface area contributed by atoms with Crippen molar-refractivity contribution in [2.24, 2.45) is 0 Å². The molecule has 0 saturated heterocycles. The van der Waals surface area contributed by atoms with Crippen LogP contribution in [0.1, 0.15) is 29.3 Å². The summed E-state index contributed by atoms with van der Waals surface area (Å²) in [5.74, 6) is -0.348. The summed E-state index contributed by atoms with van der Waals surface area (Å²) >= 11 is 6.10. The van der Waals surface area contributed by atoms with Gasteiger partial charge in [-0.15, -0.1) is 0 Å². The average molecular weight is 428 g/mol. The molecule has 156 valence electrons. The highest BCUT2D eigenvalue weighted by atomic mass is 35.5. The molecule has 0 N–H and O–H groups in total. The van der Waals surface area contributed by atoms with Crippen LogP contribution in [0.2, 0.25) is 5.02 Å². The number of nitrogens with zero attached hydrogens (tertiary/aromatic N) is 3. The second-order valence-corrected chi connectivity index (χ2v) is 8.00. The topological polar surface area (TPSA) is 47.2 Å². The summed E-state index contributed by atoms with van der Waals surface area (Å²) in [5.41, 5.74) is 2.71. The lowest BCUT2D eigenvalue weighted by Gasteiger charge is -2.30. The number of halogens is 2. The highest BCUT2D eigenvalue weighted by Gasteiger charge is 2.25. The van der Waals surface area contributed by atoms with Gasteiger partial charge in [0.05, 0.1) is 12.1 Å².